The van der Waals surface area contributed by atoms with Gasteiger partial charge in [-0.15, -0.1) is 0 Å². The third kappa shape index (κ3) is 4.38. The largest absolute Gasteiger partial charge is 0.465 e. The first-order chi connectivity index (χ1) is 13.0. The van der Waals surface area contributed by atoms with E-state index in [0.717, 1.165) is 16.7 Å². The monoisotopic (exact) mass is 374 g/mol. The smallest absolute Gasteiger partial charge is 0.321 e. The fourth-order valence-electron chi connectivity index (χ4n) is 3.44. The van der Waals surface area contributed by atoms with E-state index in [-0.39, 0.29) is 19.8 Å². The van der Waals surface area contributed by atoms with Crippen molar-refractivity contribution in [3.8, 4) is 0 Å². The first-order valence-electron chi connectivity index (χ1n) is 9.23. The molecule has 0 saturated carbocycles. The van der Waals surface area contributed by atoms with E-state index in [9.17, 15) is 14.4 Å². The van der Waals surface area contributed by atoms with Gasteiger partial charge in [0, 0.05) is 0 Å². The zero-order valence-corrected chi connectivity index (χ0v) is 16.2. The van der Waals surface area contributed by atoms with Crippen LogP contribution in [0.15, 0.2) is 29.8 Å². The molecule has 1 atom stereocenters. The van der Waals surface area contributed by atoms with Crippen LogP contribution in [0.1, 0.15) is 38.8 Å². The van der Waals surface area contributed by atoms with Gasteiger partial charge in [0.2, 0.25) is 0 Å². The number of esters is 3. The summed E-state index contributed by atoms with van der Waals surface area (Å²) < 4.78 is 15.4. The van der Waals surface area contributed by atoms with Gasteiger partial charge in [-0.3, -0.25) is 14.4 Å². The zero-order chi connectivity index (χ0) is 20.0. The summed E-state index contributed by atoms with van der Waals surface area (Å²) in [5.74, 6) is -4.63. The predicted molar refractivity (Wildman–Crippen MR) is 99.6 cm³/mol. The number of fused-ring (bicyclic) bond motifs is 1. The van der Waals surface area contributed by atoms with Crippen molar-refractivity contribution < 1.29 is 28.6 Å². The molecule has 1 aliphatic rings. The summed E-state index contributed by atoms with van der Waals surface area (Å²) in [6.07, 6.45) is 0.473. The van der Waals surface area contributed by atoms with E-state index in [1.807, 2.05) is 31.2 Å². The van der Waals surface area contributed by atoms with E-state index in [1.165, 1.54) is 0 Å². The van der Waals surface area contributed by atoms with Crippen LogP contribution in [0.25, 0.3) is 5.57 Å². The summed E-state index contributed by atoms with van der Waals surface area (Å²) in [4.78, 5) is 38.0. The molecule has 0 saturated heterocycles. The average molecular weight is 374 g/mol. The van der Waals surface area contributed by atoms with Crippen molar-refractivity contribution >= 4 is 23.5 Å². The summed E-state index contributed by atoms with van der Waals surface area (Å²) in [7, 11) is 0. The molecule has 0 aromatic heterocycles. The Balaban J connectivity index is 2.52. The lowest BCUT2D eigenvalue weighted by atomic mass is 9.83. The third-order valence-corrected chi connectivity index (χ3v) is 4.61. The molecule has 6 nitrogen and oxygen atoms in total. The van der Waals surface area contributed by atoms with Gasteiger partial charge >= 0.3 is 17.9 Å². The van der Waals surface area contributed by atoms with Gasteiger partial charge in [0.25, 0.3) is 0 Å². The number of benzene rings is 1. The molecule has 0 spiro atoms. The van der Waals surface area contributed by atoms with E-state index in [4.69, 9.17) is 14.2 Å². The molecule has 0 heterocycles. The Labute approximate surface area is 159 Å². The first kappa shape index (κ1) is 20.7. The average Bonchev–Trinajstić information content (AvgIpc) is 2.96. The van der Waals surface area contributed by atoms with Gasteiger partial charge in [-0.1, -0.05) is 24.3 Å². The van der Waals surface area contributed by atoms with Gasteiger partial charge in [-0.25, -0.2) is 0 Å². The maximum absolute atomic E-state index is 12.8. The Morgan fingerprint density at radius 1 is 0.889 bits per heavy atom. The van der Waals surface area contributed by atoms with Crippen LogP contribution in [-0.2, 0) is 35.0 Å². The maximum atomic E-state index is 12.8. The molecule has 0 radical (unpaired) electrons. The van der Waals surface area contributed by atoms with E-state index in [1.54, 1.807) is 20.8 Å². The van der Waals surface area contributed by atoms with Crippen molar-refractivity contribution in [1.29, 1.82) is 0 Å². The van der Waals surface area contributed by atoms with Crippen molar-refractivity contribution in [3.63, 3.8) is 0 Å². The molecule has 27 heavy (non-hydrogen) atoms. The highest BCUT2D eigenvalue weighted by Gasteiger charge is 2.46. The summed E-state index contributed by atoms with van der Waals surface area (Å²) in [6, 6.07) is 7.77. The van der Waals surface area contributed by atoms with E-state index in [2.05, 4.69) is 0 Å². The van der Waals surface area contributed by atoms with Crippen molar-refractivity contribution in [2.75, 3.05) is 19.8 Å². The second-order valence-corrected chi connectivity index (χ2v) is 6.20. The minimum Gasteiger partial charge on any atom is -0.465 e. The van der Waals surface area contributed by atoms with E-state index < -0.39 is 29.7 Å². The van der Waals surface area contributed by atoms with Gasteiger partial charge in [0.05, 0.1) is 19.8 Å². The number of allylic oxidation sites excluding steroid dienone is 1. The highest BCUT2D eigenvalue weighted by molar-refractivity contribution is 6.01. The van der Waals surface area contributed by atoms with Crippen molar-refractivity contribution in [2.45, 2.75) is 34.1 Å². The van der Waals surface area contributed by atoms with Crippen LogP contribution < -0.4 is 0 Å². The van der Waals surface area contributed by atoms with Crippen LogP contribution in [0.3, 0.4) is 0 Å². The Morgan fingerprint density at radius 2 is 1.41 bits per heavy atom. The second kappa shape index (κ2) is 9.35. The standard InChI is InChI=1S/C21H26O6/c1-5-25-19(22)17(18(20(23)26-6-2)21(24)27-7-3)16-12-14-10-8-9-11-15(14)13(16)4/h8-11,17-18H,5-7,12H2,1-4H3. The number of rotatable bonds is 8. The van der Waals surface area contributed by atoms with Crippen LogP contribution in [0.5, 0.6) is 0 Å². The Kier molecular flexibility index (Phi) is 7.16. The number of hydrogen-bond donors (Lipinski definition) is 0. The lowest BCUT2D eigenvalue weighted by molar-refractivity contribution is -0.170. The maximum Gasteiger partial charge on any atom is 0.321 e. The van der Waals surface area contributed by atoms with Crippen molar-refractivity contribution in [2.24, 2.45) is 11.8 Å². The van der Waals surface area contributed by atoms with Crippen LogP contribution in [-0.4, -0.2) is 37.7 Å². The summed E-state index contributed by atoms with van der Waals surface area (Å²) >= 11 is 0. The number of carbonyl (C=O) groups is 3. The molecule has 0 fully saturated rings. The molecule has 6 heteroatoms. The highest BCUT2D eigenvalue weighted by atomic mass is 16.6. The molecule has 0 N–H and O–H groups in total. The summed E-state index contributed by atoms with van der Waals surface area (Å²) in [5.41, 5.74) is 3.63. The van der Waals surface area contributed by atoms with Gasteiger partial charge < -0.3 is 14.2 Å². The molecule has 0 amide bonds. The molecular weight excluding hydrogens is 348 g/mol. The van der Waals surface area contributed by atoms with Gasteiger partial charge in [-0.05, 0) is 56.4 Å². The van der Waals surface area contributed by atoms with Crippen molar-refractivity contribution in [3.05, 3.63) is 41.0 Å². The van der Waals surface area contributed by atoms with Gasteiger partial charge in [-0.2, -0.15) is 0 Å². The van der Waals surface area contributed by atoms with Gasteiger partial charge in [0.15, 0.2) is 5.92 Å². The highest BCUT2D eigenvalue weighted by Crippen LogP contribution is 2.40. The van der Waals surface area contributed by atoms with Crippen molar-refractivity contribution in [1.82, 2.24) is 0 Å². The molecule has 1 unspecified atom stereocenters. The fourth-order valence-corrected chi connectivity index (χ4v) is 3.44. The van der Waals surface area contributed by atoms with Crippen LogP contribution in [0, 0.1) is 11.8 Å². The number of hydrogen-bond acceptors (Lipinski definition) is 6. The predicted octanol–water partition coefficient (Wildman–Crippen LogP) is 2.94. The zero-order valence-electron chi connectivity index (χ0n) is 16.2. The lowest BCUT2D eigenvalue weighted by Gasteiger charge is -2.24. The Bertz CT molecular complexity index is 731. The fraction of sp³-hybridized carbons (Fsp3) is 0.476. The minimum atomic E-state index is -1.39. The summed E-state index contributed by atoms with van der Waals surface area (Å²) in [5, 5.41) is 0. The van der Waals surface area contributed by atoms with E-state index in [0.29, 0.717) is 12.0 Å². The Morgan fingerprint density at radius 3 is 1.93 bits per heavy atom. The minimum absolute atomic E-state index is 0.0997. The topological polar surface area (TPSA) is 78.9 Å². The van der Waals surface area contributed by atoms with Crippen LogP contribution in [0.2, 0.25) is 0 Å². The van der Waals surface area contributed by atoms with E-state index >= 15 is 0 Å². The molecule has 0 aliphatic heterocycles. The normalized spacial score (nSPS) is 14.0. The lowest BCUT2D eigenvalue weighted by Crippen LogP contribution is -2.40. The Hall–Kier alpha value is -2.63. The molecule has 1 aliphatic carbocycles. The SMILES string of the molecule is CCOC(=O)C(C(=O)OCC)C(C(=O)OCC)C1=C(C)c2ccccc2C1. The quantitative estimate of drug-likeness (QED) is 0.395. The molecule has 2 rings (SSSR count). The second-order valence-electron chi connectivity index (χ2n) is 6.20. The molecule has 0 bridgehead atoms. The summed E-state index contributed by atoms with van der Waals surface area (Å²) in [6.45, 7) is 7.22. The number of ether oxygens (including phenoxy) is 3. The third-order valence-electron chi connectivity index (χ3n) is 4.61. The van der Waals surface area contributed by atoms with Gasteiger partial charge in [0.1, 0.15) is 5.92 Å². The molecule has 146 valence electrons. The first-order valence-corrected chi connectivity index (χ1v) is 9.23. The van der Waals surface area contributed by atoms with Crippen LogP contribution >= 0.6 is 0 Å². The molecule has 1 aromatic rings. The molecular formula is C21H26O6. The number of carbonyl (C=O) groups excluding carboxylic acids is 3. The molecule has 1 aromatic carbocycles. The van der Waals surface area contributed by atoms with Crippen LogP contribution in [0.4, 0.5) is 0 Å².